The molecule has 4 aromatic rings. The number of para-hydroxylation sites is 1. The Balaban J connectivity index is 1.63. The molecule has 35 heavy (non-hydrogen) atoms. The van der Waals surface area contributed by atoms with E-state index in [1.54, 1.807) is 31.3 Å². The van der Waals surface area contributed by atoms with Crippen molar-refractivity contribution in [1.82, 2.24) is 19.0 Å². The molecule has 0 N–H and O–H groups in total. The first kappa shape index (κ1) is 23.2. The van der Waals surface area contributed by atoms with Gasteiger partial charge in [-0.15, -0.1) is 0 Å². The van der Waals surface area contributed by atoms with Crippen LogP contribution in [-0.4, -0.2) is 36.6 Å². The molecule has 0 aliphatic carbocycles. The van der Waals surface area contributed by atoms with Gasteiger partial charge >= 0.3 is 10.0 Å². The molecule has 0 amide bonds. The van der Waals surface area contributed by atoms with Gasteiger partial charge in [0.05, 0.1) is 30.5 Å². The molecule has 1 aliphatic rings. The third-order valence-electron chi connectivity index (χ3n) is 6.67. The van der Waals surface area contributed by atoms with Crippen molar-refractivity contribution in [1.29, 1.82) is 5.26 Å². The number of fused-ring (bicyclic) bond motifs is 1. The SMILES string of the molecule is CCc1cnc(-c2cc(C#N)c([N+]3(S(=O)(=O)Cc4noc5ccccc45)CCCCC3)nc2C)o1. The summed E-state index contributed by atoms with van der Waals surface area (Å²) in [5, 5.41) is 14.8. The van der Waals surface area contributed by atoms with Crippen LogP contribution in [0.25, 0.3) is 22.4 Å². The van der Waals surface area contributed by atoms with E-state index >= 15 is 0 Å². The van der Waals surface area contributed by atoms with Crippen LogP contribution in [0.3, 0.4) is 0 Å². The molecule has 1 fully saturated rings. The Morgan fingerprint density at radius 2 is 1.94 bits per heavy atom. The Kier molecular flexibility index (Phi) is 5.91. The van der Waals surface area contributed by atoms with E-state index in [4.69, 9.17) is 13.9 Å². The summed E-state index contributed by atoms with van der Waals surface area (Å²) in [6.07, 6.45) is 4.70. The monoisotopic (exact) mass is 492 g/mol. The van der Waals surface area contributed by atoms with Crippen molar-refractivity contribution >= 4 is 26.8 Å². The maximum Gasteiger partial charge on any atom is 0.309 e. The van der Waals surface area contributed by atoms with Crippen molar-refractivity contribution in [2.45, 2.75) is 45.3 Å². The Morgan fingerprint density at radius 3 is 2.66 bits per heavy atom. The van der Waals surface area contributed by atoms with Gasteiger partial charge < -0.3 is 8.94 Å². The van der Waals surface area contributed by atoms with Crippen LogP contribution in [0, 0.1) is 18.3 Å². The van der Waals surface area contributed by atoms with Crippen molar-refractivity contribution in [2.24, 2.45) is 0 Å². The summed E-state index contributed by atoms with van der Waals surface area (Å²) >= 11 is 0. The van der Waals surface area contributed by atoms with Gasteiger partial charge in [-0.05, 0) is 44.4 Å². The van der Waals surface area contributed by atoms with Gasteiger partial charge in [0, 0.05) is 11.8 Å². The summed E-state index contributed by atoms with van der Waals surface area (Å²) in [4.78, 5) is 9.06. The molecular formula is C25H26N5O4S+. The minimum Gasteiger partial charge on any atom is -0.441 e. The fourth-order valence-electron chi connectivity index (χ4n) is 4.78. The minimum atomic E-state index is -3.88. The lowest BCUT2D eigenvalue weighted by atomic mass is 10.1. The van der Waals surface area contributed by atoms with E-state index in [1.807, 2.05) is 19.1 Å². The highest BCUT2D eigenvalue weighted by Gasteiger charge is 2.49. The summed E-state index contributed by atoms with van der Waals surface area (Å²) < 4.78 is 39.0. The highest BCUT2D eigenvalue weighted by atomic mass is 32.2. The van der Waals surface area contributed by atoms with Gasteiger partial charge in [-0.3, -0.25) is 0 Å². The van der Waals surface area contributed by atoms with E-state index < -0.39 is 10.0 Å². The van der Waals surface area contributed by atoms with Crippen molar-refractivity contribution in [3.05, 3.63) is 59.2 Å². The predicted octanol–water partition coefficient (Wildman–Crippen LogP) is 4.64. The largest absolute Gasteiger partial charge is 0.441 e. The Hall–Kier alpha value is -3.55. The van der Waals surface area contributed by atoms with Crippen LogP contribution >= 0.6 is 0 Å². The van der Waals surface area contributed by atoms with Gasteiger partial charge in [0.15, 0.2) is 5.58 Å². The van der Waals surface area contributed by atoms with Crippen LogP contribution in [0.2, 0.25) is 0 Å². The normalized spacial score (nSPS) is 15.8. The lowest BCUT2D eigenvalue weighted by Crippen LogP contribution is -2.58. The zero-order chi connectivity index (χ0) is 24.6. The first-order valence-corrected chi connectivity index (χ1v) is 13.3. The molecule has 0 unspecified atom stereocenters. The number of hydrogen-bond acceptors (Lipinski definition) is 8. The smallest absolute Gasteiger partial charge is 0.309 e. The number of nitriles is 1. The van der Waals surface area contributed by atoms with Crippen molar-refractivity contribution in [3.63, 3.8) is 0 Å². The van der Waals surface area contributed by atoms with E-state index in [-0.39, 0.29) is 21.0 Å². The zero-order valence-electron chi connectivity index (χ0n) is 19.7. The van der Waals surface area contributed by atoms with Gasteiger partial charge in [0.1, 0.15) is 28.8 Å². The molecule has 180 valence electrons. The number of hydrogen-bond donors (Lipinski definition) is 0. The van der Waals surface area contributed by atoms with Crippen LogP contribution in [0.15, 0.2) is 45.5 Å². The Labute approximate surface area is 203 Å². The number of aromatic nitrogens is 3. The molecule has 1 aliphatic heterocycles. The molecule has 0 radical (unpaired) electrons. The fraction of sp³-hybridized carbons (Fsp3) is 0.360. The molecule has 1 saturated heterocycles. The summed E-state index contributed by atoms with van der Waals surface area (Å²) in [6.45, 7) is 4.44. The molecule has 1 aromatic carbocycles. The molecular weight excluding hydrogens is 466 g/mol. The molecule has 10 heteroatoms. The number of nitrogens with zero attached hydrogens (tertiary/aromatic N) is 5. The van der Waals surface area contributed by atoms with E-state index in [9.17, 15) is 13.7 Å². The number of rotatable bonds is 6. The number of benzene rings is 1. The average Bonchev–Trinajstić information content (AvgIpc) is 3.51. The molecule has 3 aromatic heterocycles. The number of sulfonamides is 1. The predicted molar refractivity (Wildman–Crippen MR) is 131 cm³/mol. The van der Waals surface area contributed by atoms with Crippen LogP contribution in [0.4, 0.5) is 5.82 Å². The van der Waals surface area contributed by atoms with Crippen LogP contribution in [0.5, 0.6) is 0 Å². The van der Waals surface area contributed by atoms with Crippen molar-refractivity contribution < 1.29 is 17.4 Å². The van der Waals surface area contributed by atoms with Crippen molar-refractivity contribution in [3.8, 4) is 17.5 Å². The molecule has 0 bridgehead atoms. The maximum absolute atomic E-state index is 14.1. The van der Waals surface area contributed by atoms with Gasteiger partial charge in [-0.25, -0.2) is 4.98 Å². The fourth-order valence-corrected chi connectivity index (χ4v) is 6.80. The second kappa shape index (κ2) is 8.91. The Bertz CT molecular complexity index is 1540. The van der Waals surface area contributed by atoms with Crippen molar-refractivity contribution in [2.75, 3.05) is 13.1 Å². The summed E-state index contributed by atoms with van der Waals surface area (Å²) in [6, 6.07) is 11.0. The van der Waals surface area contributed by atoms with Gasteiger partial charge in [0.25, 0.3) is 5.82 Å². The second-order valence-electron chi connectivity index (χ2n) is 8.84. The molecule has 0 spiro atoms. The molecule has 5 rings (SSSR count). The third-order valence-corrected chi connectivity index (χ3v) is 8.92. The summed E-state index contributed by atoms with van der Waals surface area (Å²) in [7, 11) is -3.88. The Morgan fingerprint density at radius 1 is 1.17 bits per heavy atom. The summed E-state index contributed by atoms with van der Waals surface area (Å²) in [5.41, 5.74) is 2.25. The van der Waals surface area contributed by atoms with Gasteiger partial charge in [-0.2, -0.15) is 22.6 Å². The van der Waals surface area contributed by atoms with E-state index in [0.717, 1.165) is 12.2 Å². The molecule has 0 saturated carbocycles. The van der Waals surface area contributed by atoms with Crippen LogP contribution < -0.4 is 3.89 Å². The van der Waals surface area contributed by atoms with E-state index in [2.05, 4.69) is 16.2 Å². The number of pyridine rings is 1. The van der Waals surface area contributed by atoms with E-state index in [0.29, 0.717) is 66.2 Å². The zero-order valence-corrected chi connectivity index (χ0v) is 20.5. The number of oxazole rings is 1. The molecule has 0 atom stereocenters. The highest BCUT2D eigenvalue weighted by molar-refractivity contribution is 7.90. The highest BCUT2D eigenvalue weighted by Crippen LogP contribution is 2.38. The first-order valence-electron chi connectivity index (χ1n) is 11.7. The standard InChI is InChI=1S/C25H26N5O4S/c1-3-19-15-27-25(33-19)21-13-18(14-26)24(28-17(21)2)30(11-7-4-8-12-30)35(31,32)16-22-20-9-5-6-10-23(20)34-29-22/h5-6,9-10,13,15H,3-4,7-8,11-12,16H2,1-2H3/q+1. The average molecular weight is 493 g/mol. The molecule has 9 nitrogen and oxygen atoms in total. The number of piperidine rings is 1. The van der Waals surface area contributed by atoms with E-state index in [1.165, 1.54) is 0 Å². The van der Waals surface area contributed by atoms with Gasteiger partial charge in [0.2, 0.25) is 5.89 Å². The first-order chi connectivity index (χ1) is 16.9. The van der Waals surface area contributed by atoms with Gasteiger partial charge in [-0.1, -0.05) is 24.2 Å². The minimum absolute atomic E-state index is 0.206. The number of aryl methyl sites for hydroxylation is 2. The van der Waals surface area contributed by atoms with Crippen LogP contribution in [0.1, 0.15) is 48.9 Å². The maximum atomic E-state index is 14.1. The lowest BCUT2D eigenvalue weighted by molar-refractivity contribution is 0.334. The quantitative estimate of drug-likeness (QED) is 0.357. The van der Waals surface area contributed by atoms with Crippen LogP contribution in [-0.2, 0) is 22.2 Å². The lowest BCUT2D eigenvalue weighted by Gasteiger charge is -2.38. The third kappa shape index (κ3) is 3.90. The summed E-state index contributed by atoms with van der Waals surface area (Å²) in [5.74, 6) is 1.04. The topological polar surface area (TPSA) is 123 Å². The molecule has 4 heterocycles. The number of quaternary nitrogens is 1. The second-order valence-corrected chi connectivity index (χ2v) is 11.0.